The molecule has 7 heteroatoms. The van der Waals surface area contributed by atoms with Gasteiger partial charge in [-0.25, -0.2) is 4.39 Å². The molecule has 2 aromatic heterocycles. The van der Waals surface area contributed by atoms with Gasteiger partial charge in [0.05, 0.1) is 28.6 Å². The Morgan fingerprint density at radius 2 is 2.04 bits per heavy atom. The molecule has 26 heavy (non-hydrogen) atoms. The summed E-state index contributed by atoms with van der Waals surface area (Å²) in [6, 6.07) is 5.57. The number of piperazine rings is 1. The highest BCUT2D eigenvalue weighted by Gasteiger charge is 2.20. The maximum Gasteiger partial charge on any atom is 0.130 e. The summed E-state index contributed by atoms with van der Waals surface area (Å²) in [6.45, 7) is 5.37. The summed E-state index contributed by atoms with van der Waals surface area (Å²) in [5, 5.41) is 6.74. The fourth-order valence-electron chi connectivity index (χ4n) is 3.33. The van der Waals surface area contributed by atoms with Gasteiger partial charge in [0.15, 0.2) is 0 Å². The fourth-order valence-corrected chi connectivity index (χ4v) is 3.33. The van der Waals surface area contributed by atoms with Crippen molar-refractivity contribution in [3.63, 3.8) is 0 Å². The monoisotopic (exact) mass is 352 g/mol. The minimum absolute atomic E-state index is 0.286. The maximum atomic E-state index is 14.4. The highest BCUT2D eigenvalue weighted by Crippen LogP contribution is 2.28. The molecule has 134 valence electrons. The van der Waals surface area contributed by atoms with Crippen molar-refractivity contribution in [3.05, 3.63) is 54.4 Å². The molecule has 0 amide bonds. The van der Waals surface area contributed by atoms with Gasteiger partial charge >= 0.3 is 0 Å². The number of hydrogen-bond acceptors (Lipinski definition) is 6. The number of nitrogens with one attached hydrogen (secondary N) is 2. The third-order valence-electron chi connectivity index (χ3n) is 4.72. The average molecular weight is 352 g/mol. The van der Waals surface area contributed by atoms with E-state index >= 15 is 0 Å². The van der Waals surface area contributed by atoms with Crippen molar-refractivity contribution in [2.75, 3.05) is 29.9 Å². The first-order chi connectivity index (χ1) is 12.7. The van der Waals surface area contributed by atoms with Gasteiger partial charge in [-0.1, -0.05) is 0 Å². The molecule has 0 bridgehead atoms. The van der Waals surface area contributed by atoms with E-state index in [1.54, 1.807) is 30.9 Å². The van der Waals surface area contributed by atoms with Crippen LogP contribution < -0.4 is 15.5 Å². The number of fused-ring (bicyclic) bond motifs is 1. The summed E-state index contributed by atoms with van der Waals surface area (Å²) >= 11 is 0. The van der Waals surface area contributed by atoms with Gasteiger partial charge in [-0.2, -0.15) is 0 Å². The second-order valence-electron chi connectivity index (χ2n) is 6.48. The first-order valence-corrected chi connectivity index (χ1v) is 8.77. The second-order valence-corrected chi connectivity index (χ2v) is 6.48. The third kappa shape index (κ3) is 3.30. The Kier molecular flexibility index (Phi) is 4.62. The van der Waals surface area contributed by atoms with Crippen LogP contribution in [-0.4, -0.2) is 40.6 Å². The molecular weight excluding hydrogens is 331 g/mol. The Hall–Kier alpha value is -2.80. The third-order valence-corrected chi connectivity index (χ3v) is 4.72. The summed E-state index contributed by atoms with van der Waals surface area (Å²) in [7, 11) is 0. The van der Waals surface area contributed by atoms with Crippen LogP contribution in [0.3, 0.4) is 0 Å². The highest BCUT2D eigenvalue weighted by molar-refractivity contribution is 5.75. The standard InChI is InChI=1S/C19H21FN6/c1-13-10-22-6-7-26(13)19-2-3-21-12-18(19)25-11-14-8-16-17(9-15(14)20)24-5-4-23-16/h2-5,8-9,12-13,22,25H,6-7,10-11H2,1H3. The van der Waals surface area contributed by atoms with Gasteiger partial charge < -0.3 is 15.5 Å². The molecule has 3 heterocycles. The van der Waals surface area contributed by atoms with Gasteiger partial charge in [0, 0.05) is 62.4 Å². The number of benzene rings is 1. The molecule has 1 saturated heterocycles. The Morgan fingerprint density at radius 3 is 2.85 bits per heavy atom. The molecule has 0 spiro atoms. The summed E-state index contributed by atoms with van der Waals surface area (Å²) < 4.78 is 14.4. The lowest BCUT2D eigenvalue weighted by molar-refractivity contribution is 0.501. The molecule has 1 unspecified atom stereocenters. The van der Waals surface area contributed by atoms with E-state index in [2.05, 4.69) is 37.4 Å². The predicted molar refractivity (Wildman–Crippen MR) is 101 cm³/mol. The van der Waals surface area contributed by atoms with Crippen LogP contribution in [0.5, 0.6) is 0 Å². The zero-order valence-electron chi connectivity index (χ0n) is 14.6. The number of rotatable bonds is 4. The van der Waals surface area contributed by atoms with Crippen molar-refractivity contribution in [2.24, 2.45) is 0 Å². The van der Waals surface area contributed by atoms with E-state index in [-0.39, 0.29) is 5.82 Å². The number of nitrogens with zero attached hydrogens (tertiary/aromatic N) is 4. The van der Waals surface area contributed by atoms with Crippen molar-refractivity contribution in [1.29, 1.82) is 0 Å². The number of aromatic nitrogens is 3. The molecule has 2 N–H and O–H groups in total. The minimum Gasteiger partial charge on any atom is -0.378 e. The van der Waals surface area contributed by atoms with Crippen molar-refractivity contribution >= 4 is 22.4 Å². The predicted octanol–water partition coefficient (Wildman–Crippen LogP) is 2.57. The van der Waals surface area contributed by atoms with Crippen LogP contribution in [0.15, 0.2) is 43.0 Å². The van der Waals surface area contributed by atoms with E-state index in [1.165, 1.54) is 6.07 Å². The van der Waals surface area contributed by atoms with Crippen molar-refractivity contribution in [1.82, 2.24) is 20.3 Å². The van der Waals surface area contributed by atoms with Crippen LogP contribution in [0.4, 0.5) is 15.8 Å². The van der Waals surface area contributed by atoms with Crippen LogP contribution in [0, 0.1) is 5.82 Å². The largest absolute Gasteiger partial charge is 0.378 e. The number of halogens is 1. The summed E-state index contributed by atoms with van der Waals surface area (Å²) in [4.78, 5) is 15.0. The van der Waals surface area contributed by atoms with E-state index in [1.807, 2.05) is 6.07 Å². The summed E-state index contributed by atoms with van der Waals surface area (Å²) in [6.07, 6.45) is 6.77. The molecule has 1 fully saturated rings. The van der Waals surface area contributed by atoms with Crippen LogP contribution in [-0.2, 0) is 6.54 Å². The topological polar surface area (TPSA) is 66.0 Å². The molecule has 0 radical (unpaired) electrons. The van der Waals surface area contributed by atoms with Crippen LogP contribution in [0.25, 0.3) is 11.0 Å². The van der Waals surface area contributed by atoms with E-state index in [0.717, 1.165) is 31.0 Å². The van der Waals surface area contributed by atoms with Gasteiger partial charge in [-0.15, -0.1) is 0 Å². The van der Waals surface area contributed by atoms with E-state index in [0.29, 0.717) is 29.2 Å². The van der Waals surface area contributed by atoms with Crippen molar-refractivity contribution < 1.29 is 4.39 Å². The fraction of sp³-hybridized carbons (Fsp3) is 0.316. The lowest BCUT2D eigenvalue weighted by atomic mass is 10.1. The lowest BCUT2D eigenvalue weighted by Crippen LogP contribution is -2.50. The van der Waals surface area contributed by atoms with Gasteiger partial charge in [0.2, 0.25) is 0 Å². The quantitative estimate of drug-likeness (QED) is 0.752. The number of pyridine rings is 1. The average Bonchev–Trinajstić information content (AvgIpc) is 2.67. The first kappa shape index (κ1) is 16.7. The molecular formula is C19H21FN6. The van der Waals surface area contributed by atoms with Crippen molar-refractivity contribution in [3.8, 4) is 0 Å². The molecule has 1 aliphatic heterocycles. The maximum absolute atomic E-state index is 14.4. The Bertz CT molecular complexity index is 915. The minimum atomic E-state index is -0.286. The summed E-state index contributed by atoms with van der Waals surface area (Å²) in [5.74, 6) is -0.286. The SMILES string of the molecule is CC1CNCCN1c1ccncc1NCc1cc2nccnc2cc1F. The van der Waals surface area contributed by atoms with Crippen LogP contribution in [0.1, 0.15) is 12.5 Å². The normalized spacial score (nSPS) is 17.5. The lowest BCUT2D eigenvalue weighted by Gasteiger charge is -2.37. The van der Waals surface area contributed by atoms with Gasteiger partial charge in [0.25, 0.3) is 0 Å². The van der Waals surface area contributed by atoms with E-state index in [4.69, 9.17) is 0 Å². The first-order valence-electron chi connectivity index (χ1n) is 8.77. The molecule has 6 nitrogen and oxygen atoms in total. The smallest absolute Gasteiger partial charge is 0.130 e. The Balaban J connectivity index is 1.58. The van der Waals surface area contributed by atoms with Crippen LogP contribution >= 0.6 is 0 Å². The van der Waals surface area contributed by atoms with Gasteiger partial charge in [0.1, 0.15) is 5.82 Å². The van der Waals surface area contributed by atoms with Crippen molar-refractivity contribution in [2.45, 2.75) is 19.5 Å². The Morgan fingerprint density at radius 1 is 1.23 bits per heavy atom. The zero-order chi connectivity index (χ0) is 17.9. The molecule has 1 aromatic carbocycles. The van der Waals surface area contributed by atoms with Gasteiger partial charge in [-0.05, 0) is 19.1 Å². The second kappa shape index (κ2) is 7.21. The molecule has 0 saturated carbocycles. The Labute approximate surface area is 151 Å². The van der Waals surface area contributed by atoms with E-state index in [9.17, 15) is 4.39 Å². The molecule has 3 aromatic rings. The molecule has 1 atom stereocenters. The number of anilines is 2. The number of hydrogen-bond donors (Lipinski definition) is 2. The highest BCUT2D eigenvalue weighted by atomic mass is 19.1. The van der Waals surface area contributed by atoms with Crippen LogP contribution in [0.2, 0.25) is 0 Å². The van der Waals surface area contributed by atoms with E-state index < -0.39 is 0 Å². The zero-order valence-corrected chi connectivity index (χ0v) is 14.6. The molecule has 0 aliphatic carbocycles. The van der Waals surface area contributed by atoms with Gasteiger partial charge in [-0.3, -0.25) is 15.0 Å². The molecule has 4 rings (SSSR count). The summed E-state index contributed by atoms with van der Waals surface area (Å²) in [5.41, 5.74) is 3.80. The molecule has 1 aliphatic rings.